The number of benzene rings is 1. The van der Waals surface area contributed by atoms with Gasteiger partial charge in [0.15, 0.2) is 0 Å². The Balaban J connectivity index is 0.00000101. The highest BCUT2D eigenvalue weighted by atomic mass is 19.1. The van der Waals surface area contributed by atoms with E-state index in [0.29, 0.717) is 12.0 Å². The zero-order chi connectivity index (χ0) is 21.9. The van der Waals surface area contributed by atoms with E-state index in [4.69, 9.17) is 4.74 Å². The summed E-state index contributed by atoms with van der Waals surface area (Å²) in [5.41, 5.74) is 4.70. The molecule has 0 aliphatic heterocycles. The van der Waals surface area contributed by atoms with E-state index >= 15 is 0 Å². The van der Waals surface area contributed by atoms with Crippen LogP contribution in [0.5, 0.6) is 5.75 Å². The van der Waals surface area contributed by atoms with Crippen LogP contribution in [0, 0.1) is 11.3 Å². The highest BCUT2D eigenvalue weighted by Gasteiger charge is 2.18. The Kier molecular flexibility index (Phi) is 8.89. The van der Waals surface area contributed by atoms with E-state index in [1.54, 1.807) is 7.11 Å². The summed E-state index contributed by atoms with van der Waals surface area (Å²) in [5.74, 6) is 0.774. The molecule has 0 atom stereocenters. The summed E-state index contributed by atoms with van der Waals surface area (Å²) in [4.78, 5) is 10.4. The number of unbranched alkanes of at least 4 members (excludes halogenated alkanes) is 1. The second-order valence-electron chi connectivity index (χ2n) is 6.70. The molecule has 5 nitrogen and oxygen atoms in total. The fraction of sp³-hybridized carbons (Fsp3) is 0.333. The van der Waals surface area contributed by atoms with Gasteiger partial charge in [-0.2, -0.15) is 5.26 Å². The number of ether oxygens (including phenoxy) is 1. The SMILES string of the molecule is CCF.COc1ccc2c(C#N)c(C3=CC=C(NCCCC=O)C=CC3)n(C)c2c1. The number of aryl methyl sites for hydroxylation is 1. The molecule has 0 saturated carbocycles. The number of methoxy groups -OCH3 is 1. The van der Waals surface area contributed by atoms with E-state index < -0.39 is 0 Å². The molecule has 0 saturated heterocycles. The zero-order valence-corrected chi connectivity index (χ0v) is 17.7. The van der Waals surface area contributed by atoms with Crippen molar-refractivity contribution in [3.05, 3.63) is 59.5 Å². The average Bonchev–Trinajstić information content (AvgIpc) is 2.89. The summed E-state index contributed by atoms with van der Waals surface area (Å²) >= 11 is 0. The number of allylic oxidation sites excluding steroid dienone is 5. The van der Waals surface area contributed by atoms with Crippen molar-refractivity contribution in [2.75, 3.05) is 20.3 Å². The smallest absolute Gasteiger partial charge is 0.120 e. The van der Waals surface area contributed by atoms with E-state index in [1.807, 2.05) is 37.4 Å². The first-order chi connectivity index (χ1) is 14.6. The number of carbonyl (C=O) groups excluding carboxylic acids is 1. The summed E-state index contributed by atoms with van der Waals surface area (Å²) < 4.78 is 17.7. The topological polar surface area (TPSA) is 67.0 Å². The highest BCUT2D eigenvalue weighted by Crippen LogP contribution is 2.34. The number of nitriles is 1. The van der Waals surface area contributed by atoms with Crippen molar-refractivity contribution in [3.8, 4) is 11.8 Å². The molecule has 1 aromatic heterocycles. The normalized spacial score (nSPS) is 12.8. The molecule has 0 spiro atoms. The Morgan fingerprint density at radius 3 is 2.80 bits per heavy atom. The molecule has 30 heavy (non-hydrogen) atoms. The number of hydrogen-bond acceptors (Lipinski definition) is 4. The Morgan fingerprint density at radius 2 is 2.13 bits per heavy atom. The molecule has 1 aliphatic carbocycles. The van der Waals surface area contributed by atoms with Gasteiger partial charge in [0, 0.05) is 37.2 Å². The molecule has 1 N–H and O–H groups in total. The Labute approximate surface area is 177 Å². The molecule has 0 radical (unpaired) electrons. The summed E-state index contributed by atoms with van der Waals surface area (Å²) in [6.07, 6.45) is 11.3. The van der Waals surface area contributed by atoms with Crippen LogP contribution in [-0.2, 0) is 11.8 Å². The third kappa shape index (κ3) is 5.38. The van der Waals surface area contributed by atoms with Crippen molar-refractivity contribution in [3.63, 3.8) is 0 Å². The number of aldehydes is 1. The van der Waals surface area contributed by atoms with E-state index in [9.17, 15) is 14.4 Å². The van der Waals surface area contributed by atoms with Crippen LogP contribution in [0.1, 0.15) is 37.4 Å². The molecule has 0 bridgehead atoms. The molecule has 6 heteroatoms. The minimum atomic E-state index is -0.250. The lowest BCUT2D eigenvalue weighted by atomic mass is 10.0. The van der Waals surface area contributed by atoms with Crippen LogP contribution < -0.4 is 10.1 Å². The zero-order valence-electron chi connectivity index (χ0n) is 17.7. The molecular formula is C24H28FN3O2. The number of rotatable bonds is 7. The van der Waals surface area contributed by atoms with Gasteiger partial charge in [-0.25, -0.2) is 0 Å². The maximum Gasteiger partial charge on any atom is 0.120 e. The fourth-order valence-corrected chi connectivity index (χ4v) is 3.37. The van der Waals surface area contributed by atoms with E-state index in [2.05, 4.69) is 28.1 Å². The van der Waals surface area contributed by atoms with Gasteiger partial charge in [-0.3, -0.25) is 4.39 Å². The van der Waals surface area contributed by atoms with E-state index in [0.717, 1.165) is 59.3 Å². The maximum atomic E-state index is 10.4. The van der Waals surface area contributed by atoms with Crippen LogP contribution in [0.3, 0.4) is 0 Å². The van der Waals surface area contributed by atoms with Crippen molar-refractivity contribution in [2.24, 2.45) is 7.05 Å². The third-order valence-electron chi connectivity index (χ3n) is 4.75. The molecule has 2 aromatic rings. The maximum absolute atomic E-state index is 10.4. The van der Waals surface area contributed by atoms with Crippen LogP contribution in [0.4, 0.5) is 4.39 Å². The first-order valence-electron chi connectivity index (χ1n) is 9.98. The third-order valence-corrected chi connectivity index (χ3v) is 4.75. The van der Waals surface area contributed by atoms with Crippen molar-refractivity contribution in [1.82, 2.24) is 9.88 Å². The van der Waals surface area contributed by atoms with Crippen LogP contribution in [-0.4, -0.2) is 31.2 Å². The summed E-state index contributed by atoms with van der Waals surface area (Å²) in [5, 5.41) is 14.0. The van der Waals surface area contributed by atoms with Crippen LogP contribution >= 0.6 is 0 Å². The van der Waals surface area contributed by atoms with Gasteiger partial charge in [-0.1, -0.05) is 12.2 Å². The summed E-state index contributed by atoms with van der Waals surface area (Å²) in [7, 11) is 3.62. The quantitative estimate of drug-likeness (QED) is 0.525. The number of halogens is 1. The van der Waals surface area contributed by atoms with Gasteiger partial charge < -0.3 is 19.4 Å². The van der Waals surface area contributed by atoms with Gasteiger partial charge in [-0.15, -0.1) is 0 Å². The van der Waals surface area contributed by atoms with Gasteiger partial charge in [0.1, 0.15) is 18.1 Å². The molecule has 3 rings (SSSR count). The lowest BCUT2D eigenvalue weighted by Gasteiger charge is -2.07. The number of nitrogens with zero attached hydrogens (tertiary/aromatic N) is 2. The molecule has 1 aromatic carbocycles. The number of carbonyl (C=O) groups is 1. The van der Waals surface area contributed by atoms with E-state index in [1.165, 1.54) is 6.92 Å². The molecule has 0 amide bonds. The van der Waals surface area contributed by atoms with Gasteiger partial charge in [-0.05, 0) is 49.6 Å². The van der Waals surface area contributed by atoms with Crippen LogP contribution in [0.15, 0.2) is 48.2 Å². The number of aromatic nitrogens is 1. The average molecular weight is 410 g/mol. The number of fused-ring (bicyclic) bond motifs is 1. The lowest BCUT2D eigenvalue weighted by molar-refractivity contribution is -0.107. The van der Waals surface area contributed by atoms with Gasteiger partial charge in [0.05, 0.1) is 30.6 Å². The molecule has 0 unspecified atom stereocenters. The standard InChI is InChI=1S/C22H23N3O2.C2H5F/c1-25-21-14-18(27-2)10-11-19(21)20(15-23)22(25)16-6-5-7-17(9-8-16)24-12-3-4-13-26;1-2-3/h5,7-11,13-14,24H,3-4,6,12H2,1-2H3;2H2,1H3. The first-order valence-corrected chi connectivity index (χ1v) is 9.98. The number of alkyl halides is 1. The first kappa shape index (κ1) is 23.0. The van der Waals surface area contributed by atoms with Gasteiger partial charge in [0.25, 0.3) is 0 Å². The minimum Gasteiger partial charge on any atom is -0.497 e. The largest absolute Gasteiger partial charge is 0.497 e. The molecule has 1 aliphatic rings. The monoisotopic (exact) mass is 409 g/mol. The fourth-order valence-electron chi connectivity index (χ4n) is 3.37. The van der Waals surface area contributed by atoms with Crippen molar-refractivity contribution in [2.45, 2.75) is 26.2 Å². The summed E-state index contributed by atoms with van der Waals surface area (Å²) in [6, 6.07) is 8.17. The van der Waals surface area contributed by atoms with Gasteiger partial charge >= 0.3 is 0 Å². The van der Waals surface area contributed by atoms with Crippen molar-refractivity contribution in [1.29, 1.82) is 5.26 Å². The predicted molar refractivity (Wildman–Crippen MR) is 119 cm³/mol. The van der Waals surface area contributed by atoms with Crippen molar-refractivity contribution < 1.29 is 13.9 Å². The second kappa shape index (κ2) is 11.6. The van der Waals surface area contributed by atoms with E-state index in [-0.39, 0.29) is 6.67 Å². The Hall–Kier alpha value is -3.33. The molecule has 0 fully saturated rings. The number of nitrogens with one attached hydrogen (secondary N) is 1. The second-order valence-corrected chi connectivity index (χ2v) is 6.70. The predicted octanol–water partition coefficient (Wildman–Crippen LogP) is 4.83. The van der Waals surface area contributed by atoms with Crippen LogP contribution in [0.25, 0.3) is 16.5 Å². The lowest BCUT2D eigenvalue weighted by Crippen LogP contribution is -2.13. The van der Waals surface area contributed by atoms with Gasteiger partial charge in [0.2, 0.25) is 0 Å². The Morgan fingerprint density at radius 1 is 1.37 bits per heavy atom. The molecule has 1 heterocycles. The van der Waals surface area contributed by atoms with Crippen molar-refractivity contribution >= 4 is 22.8 Å². The molecular weight excluding hydrogens is 381 g/mol. The molecule has 158 valence electrons. The minimum absolute atomic E-state index is 0.250. The summed E-state index contributed by atoms with van der Waals surface area (Å²) in [6.45, 7) is 1.97. The van der Waals surface area contributed by atoms with Crippen LogP contribution in [0.2, 0.25) is 0 Å². The Bertz CT molecular complexity index is 1010. The number of hydrogen-bond donors (Lipinski definition) is 1. The highest BCUT2D eigenvalue weighted by molar-refractivity contribution is 5.94.